The van der Waals surface area contributed by atoms with Crippen LogP contribution in [0.15, 0.2) is 42.5 Å². The number of rotatable bonds is 3. The number of anilines is 2. The molecule has 1 heterocycles. The van der Waals surface area contributed by atoms with E-state index in [9.17, 15) is 4.79 Å². The fraction of sp³-hybridized carbons (Fsp3) is 0.235. The zero-order valence-corrected chi connectivity index (χ0v) is 12.7. The molecule has 1 amide bonds. The summed E-state index contributed by atoms with van der Waals surface area (Å²) in [4.78, 5) is 14.3. The smallest absolute Gasteiger partial charge is 0.238 e. The topological polar surface area (TPSA) is 29.5 Å². The van der Waals surface area contributed by atoms with E-state index < -0.39 is 0 Å². The molecule has 1 aliphatic heterocycles. The van der Waals surface area contributed by atoms with Crippen molar-refractivity contribution in [2.45, 2.75) is 19.8 Å². The average Bonchev–Trinajstić information content (AvgIpc) is 2.73. The number of amides is 1. The van der Waals surface area contributed by atoms with Crippen molar-refractivity contribution in [3.63, 3.8) is 0 Å². The molecular weight excluding hydrogens is 286 g/mol. The molecule has 1 atom stereocenters. The van der Waals surface area contributed by atoms with Crippen LogP contribution in [0.5, 0.6) is 5.75 Å². The van der Waals surface area contributed by atoms with E-state index in [1.807, 2.05) is 50.2 Å². The molecule has 0 aliphatic carbocycles. The first kappa shape index (κ1) is 14.0. The highest BCUT2D eigenvalue weighted by Gasteiger charge is 2.36. The van der Waals surface area contributed by atoms with Crippen LogP contribution >= 0.6 is 11.6 Å². The molecule has 0 N–H and O–H groups in total. The summed E-state index contributed by atoms with van der Waals surface area (Å²) < 4.78 is 5.52. The van der Waals surface area contributed by atoms with Crippen LogP contribution in [0.2, 0.25) is 5.02 Å². The summed E-state index contributed by atoms with van der Waals surface area (Å²) >= 11 is 6.25. The van der Waals surface area contributed by atoms with E-state index in [4.69, 9.17) is 16.3 Å². The van der Waals surface area contributed by atoms with Gasteiger partial charge in [-0.3, -0.25) is 9.69 Å². The number of hydrogen-bond donors (Lipinski definition) is 0. The molecule has 0 aromatic heterocycles. The number of para-hydroxylation sites is 1. The molecule has 0 saturated carbocycles. The van der Waals surface area contributed by atoms with Crippen molar-refractivity contribution < 1.29 is 9.53 Å². The van der Waals surface area contributed by atoms with Gasteiger partial charge in [0.05, 0.1) is 28.9 Å². The highest BCUT2D eigenvalue weighted by Crippen LogP contribution is 2.45. The maximum absolute atomic E-state index is 12.6. The van der Waals surface area contributed by atoms with Crippen molar-refractivity contribution in [3.05, 3.63) is 53.1 Å². The van der Waals surface area contributed by atoms with Crippen LogP contribution in [-0.4, -0.2) is 12.5 Å². The number of fused-ring (bicyclic) bond motifs is 1. The van der Waals surface area contributed by atoms with E-state index in [-0.39, 0.29) is 11.8 Å². The normalized spacial score (nSPS) is 17.0. The molecule has 0 fully saturated rings. The lowest BCUT2D eigenvalue weighted by Gasteiger charge is -2.19. The minimum atomic E-state index is -0.198. The van der Waals surface area contributed by atoms with E-state index in [0.29, 0.717) is 11.6 Å². The quantitative estimate of drug-likeness (QED) is 0.834. The van der Waals surface area contributed by atoms with E-state index in [0.717, 1.165) is 22.7 Å². The highest BCUT2D eigenvalue weighted by molar-refractivity contribution is 6.34. The van der Waals surface area contributed by atoms with Crippen molar-refractivity contribution in [3.8, 4) is 5.75 Å². The Morgan fingerprint density at radius 1 is 1.19 bits per heavy atom. The molecule has 2 aromatic rings. The van der Waals surface area contributed by atoms with Crippen LogP contribution in [0.3, 0.4) is 0 Å². The average molecular weight is 302 g/mol. The first-order valence-electron chi connectivity index (χ1n) is 6.98. The zero-order chi connectivity index (χ0) is 15.0. The van der Waals surface area contributed by atoms with Crippen molar-refractivity contribution in [1.29, 1.82) is 0 Å². The third kappa shape index (κ3) is 2.28. The Balaban J connectivity index is 2.10. The predicted molar refractivity (Wildman–Crippen MR) is 84.6 cm³/mol. The lowest BCUT2D eigenvalue weighted by atomic mass is 10.0. The molecule has 21 heavy (non-hydrogen) atoms. The first-order chi connectivity index (χ1) is 10.1. The summed E-state index contributed by atoms with van der Waals surface area (Å²) in [5, 5.41) is 0.569. The second-order valence-electron chi connectivity index (χ2n) is 5.00. The van der Waals surface area contributed by atoms with Gasteiger partial charge in [-0.15, -0.1) is 0 Å². The molecule has 0 radical (unpaired) electrons. The van der Waals surface area contributed by atoms with E-state index in [1.54, 1.807) is 11.0 Å². The SMILES string of the molecule is CCOc1ccc2c(c1)C(C)C(=O)N2c1ccccc1Cl. The number of nitrogens with zero attached hydrogens (tertiary/aromatic N) is 1. The van der Waals surface area contributed by atoms with Crippen molar-refractivity contribution in [1.82, 2.24) is 0 Å². The molecule has 4 heteroatoms. The minimum absolute atomic E-state index is 0.0340. The van der Waals surface area contributed by atoms with Crippen LogP contribution < -0.4 is 9.64 Å². The zero-order valence-electron chi connectivity index (χ0n) is 12.0. The molecular formula is C17H16ClNO2. The maximum Gasteiger partial charge on any atom is 0.238 e. The number of ether oxygens (including phenoxy) is 1. The van der Waals surface area contributed by atoms with Gasteiger partial charge in [-0.25, -0.2) is 0 Å². The van der Waals surface area contributed by atoms with E-state index >= 15 is 0 Å². The Kier molecular flexibility index (Phi) is 3.60. The Morgan fingerprint density at radius 3 is 2.67 bits per heavy atom. The van der Waals surface area contributed by atoms with Crippen molar-refractivity contribution in [2.75, 3.05) is 11.5 Å². The van der Waals surface area contributed by atoms with Gasteiger partial charge in [0.15, 0.2) is 0 Å². The van der Waals surface area contributed by atoms with Gasteiger partial charge >= 0.3 is 0 Å². The monoisotopic (exact) mass is 301 g/mol. The summed E-state index contributed by atoms with van der Waals surface area (Å²) in [6, 6.07) is 13.1. The number of carbonyl (C=O) groups excluding carboxylic acids is 1. The summed E-state index contributed by atoms with van der Waals surface area (Å²) in [6.45, 7) is 4.46. The second-order valence-corrected chi connectivity index (χ2v) is 5.41. The Morgan fingerprint density at radius 2 is 1.95 bits per heavy atom. The van der Waals surface area contributed by atoms with Gasteiger partial charge < -0.3 is 4.74 Å². The van der Waals surface area contributed by atoms with Gasteiger partial charge in [0.2, 0.25) is 5.91 Å². The third-order valence-electron chi connectivity index (χ3n) is 3.70. The summed E-state index contributed by atoms with van der Waals surface area (Å²) in [5.74, 6) is 0.625. The number of benzene rings is 2. The van der Waals surface area contributed by atoms with Crippen LogP contribution in [0.25, 0.3) is 0 Å². The molecule has 1 aliphatic rings. The number of carbonyl (C=O) groups is 1. The Hall–Kier alpha value is -2.00. The van der Waals surface area contributed by atoms with Crippen LogP contribution in [0.1, 0.15) is 25.3 Å². The molecule has 0 spiro atoms. The van der Waals surface area contributed by atoms with E-state index in [1.165, 1.54) is 0 Å². The first-order valence-corrected chi connectivity index (χ1v) is 7.36. The molecule has 108 valence electrons. The highest BCUT2D eigenvalue weighted by atomic mass is 35.5. The standard InChI is InChI=1S/C17H16ClNO2/c1-3-21-12-8-9-15-13(10-12)11(2)17(20)19(15)16-7-5-4-6-14(16)18/h4-11H,3H2,1-2H3. The number of hydrogen-bond acceptors (Lipinski definition) is 2. The summed E-state index contributed by atoms with van der Waals surface area (Å²) in [5.41, 5.74) is 2.58. The van der Waals surface area contributed by atoms with Crippen LogP contribution in [-0.2, 0) is 4.79 Å². The van der Waals surface area contributed by atoms with Gasteiger partial charge in [-0.2, -0.15) is 0 Å². The van der Waals surface area contributed by atoms with E-state index in [2.05, 4.69) is 0 Å². The van der Waals surface area contributed by atoms with Gasteiger partial charge in [0.25, 0.3) is 0 Å². The molecule has 3 rings (SSSR count). The summed E-state index contributed by atoms with van der Waals surface area (Å²) in [6.07, 6.45) is 0. The van der Waals surface area contributed by atoms with Crippen molar-refractivity contribution in [2.24, 2.45) is 0 Å². The third-order valence-corrected chi connectivity index (χ3v) is 4.02. The Labute approximate surface area is 129 Å². The van der Waals surface area contributed by atoms with Gasteiger partial charge in [0.1, 0.15) is 5.75 Å². The molecule has 1 unspecified atom stereocenters. The molecule has 0 saturated heterocycles. The lowest BCUT2D eigenvalue weighted by Crippen LogP contribution is -2.22. The molecule has 3 nitrogen and oxygen atoms in total. The maximum atomic E-state index is 12.6. The fourth-order valence-electron chi connectivity index (χ4n) is 2.67. The fourth-order valence-corrected chi connectivity index (χ4v) is 2.89. The minimum Gasteiger partial charge on any atom is -0.494 e. The predicted octanol–water partition coefficient (Wildman–Crippen LogP) is 4.52. The number of halogens is 1. The van der Waals surface area contributed by atoms with Gasteiger partial charge in [-0.05, 0) is 49.7 Å². The largest absolute Gasteiger partial charge is 0.494 e. The summed E-state index contributed by atoms with van der Waals surface area (Å²) in [7, 11) is 0. The van der Waals surface area contributed by atoms with Gasteiger partial charge in [-0.1, -0.05) is 23.7 Å². The molecule has 2 aromatic carbocycles. The second kappa shape index (κ2) is 5.41. The molecule has 0 bridgehead atoms. The van der Waals surface area contributed by atoms with Crippen molar-refractivity contribution >= 4 is 28.9 Å². The van der Waals surface area contributed by atoms with Crippen LogP contribution in [0.4, 0.5) is 11.4 Å². The lowest BCUT2D eigenvalue weighted by molar-refractivity contribution is -0.118. The van der Waals surface area contributed by atoms with Gasteiger partial charge in [0, 0.05) is 0 Å². The van der Waals surface area contributed by atoms with Crippen LogP contribution in [0, 0.1) is 0 Å². The Bertz CT molecular complexity index is 699.